The molecular formula is C13H12ClFN2. The van der Waals surface area contributed by atoms with Gasteiger partial charge in [-0.1, -0.05) is 17.7 Å². The average molecular weight is 251 g/mol. The Bertz CT molecular complexity index is 488. The van der Waals surface area contributed by atoms with Crippen LogP contribution in [0.3, 0.4) is 0 Å². The van der Waals surface area contributed by atoms with Crippen LogP contribution in [-0.4, -0.2) is 11.5 Å². The molecular weight excluding hydrogens is 239 g/mol. The summed E-state index contributed by atoms with van der Waals surface area (Å²) in [4.78, 5) is 4.02. The first-order chi connectivity index (χ1) is 8.25. The minimum Gasteiger partial charge on any atom is -0.382 e. The summed E-state index contributed by atoms with van der Waals surface area (Å²) in [5.41, 5.74) is 1.59. The van der Waals surface area contributed by atoms with E-state index in [4.69, 9.17) is 11.6 Å². The Hall–Kier alpha value is -1.61. The predicted molar refractivity (Wildman–Crippen MR) is 67.8 cm³/mol. The molecule has 2 nitrogen and oxygen atoms in total. The lowest BCUT2D eigenvalue weighted by atomic mass is 10.2. The number of anilines is 1. The number of rotatable bonds is 4. The second-order valence-electron chi connectivity index (χ2n) is 3.66. The minimum absolute atomic E-state index is 0.330. The summed E-state index contributed by atoms with van der Waals surface area (Å²) in [5, 5.41) is 3.43. The van der Waals surface area contributed by atoms with E-state index in [9.17, 15) is 4.39 Å². The van der Waals surface area contributed by atoms with Gasteiger partial charge in [0, 0.05) is 24.0 Å². The van der Waals surface area contributed by atoms with Crippen molar-refractivity contribution in [2.45, 2.75) is 6.42 Å². The number of hydrogen-bond donors (Lipinski definition) is 1. The highest BCUT2D eigenvalue weighted by molar-refractivity contribution is 6.30. The van der Waals surface area contributed by atoms with E-state index in [-0.39, 0.29) is 5.82 Å². The van der Waals surface area contributed by atoms with E-state index in [1.165, 1.54) is 6.07 Å². The molecule has 0 radical (unpaired) electrons. The van der Waals surface area contributed by atoms with Crippen molar-refractivity contribution in [1.29, 1.82) is 0 Å². The van der Waals surface area contributed by atoms with Crippen LogP contribution < -0.4 is 5.32 Å². The van der Waals surface area contributed by atoms with Crippen molar-refractivity contribution >= 4 is 17.3 Å². The van der Waals surface area contributed by atoms with E-state index >= 15 is 0 Å². The quantitative estimate of drug-likeness (QED) is 0.898. The van der Waals surface area contributed by atoms with Gasteiger partial charge in [-0.25, -0.2) is 4.39 Å². The van der Waals surface area contributed by atoms with Gasteiger partial charge in [-0.05, 0) is 36.2 Å². The SMILES string of the molecule is Fc1cc(Cl)ccc1NCCc1cccnc1. The van der Waals surface area contributed by atoms with Gasteiger partial charge in [0.25, 0.3) is 0 Å². The van der Waals surface area contributed by atoms with E-state index in [0.29, 0.717) is 17.3 Å². The predicted octanol–water partition coefficient (Wildman–Crippen LogP) is 3.53. The molecule has 1 aromatic carbocycles. The molecule has 88 valence electrons. The van der Waals surface area contributed by atoms with Gasteiger partial charge < -0.3 is 5.32 Å². The Morgan fingerprint density at radius 3 is 2.88 bits per heavy atom. The average Bonchev–Trinajstić information content (AvgIpc) is 2.33. The molecule has 0 saturated carbocycles. The maximum Gasteiger partial charge on any atom is 0.147 e. The summed E-state index contributed by atoms with van der Waals surface area (Å²) in [7, 11) is 0. The van der Waals surface area contributed by atoms with Crippen molar-refractivity contribution in [1.82, 2.24) is 4.98 Å². The number of aromatic nitrogens is 1. The molecule has 0 atom stereocenters. The number of benzene rings is 1. The van der Waals surface area contributed by atoms with Crippen LogP contribution in [0.4, 0.5) is 10.1 Å². The van der Waals surface area contributed by atoms with Gasteiger partial charge in [0.15, 0.2) is 0 Å². The molecule has 2 rings (SSSR count). The number of halogens is 2. The molecule has 0 fully saturated rings. The van der Waals surface area contributed by atoms with Crippen LogP contribution in [0.5, 0.6) is 0 Å². The highest BCUT2D eigenvalue weighted by Crippen LogP contribution is 2.18. The van der Waals surface area contributed by atoms with Gasteiger partial charge in [-0.2, -0.15) is 0 Å². The fourth-order valence-corrected chi connectivity index (χ4v) is 1.68. The van der Waals surface area contributed by atoms with Gasteiger partial charge in [0.1, 0.15) is 5.82 Å². The lowest BCUT2D eigenvalue weighted by molar-refractivity contribution is 0.630. The third-order valence-corrected chi connectivity index (χ3v) is 2.62. The van der Waals surface area contributed by atoms with Gasteiger partial charge in [0.2, 0.25) is 0 Å². The first-order valence-electron chi connectivity index (χ1n) is 5.33. The molecule has 2 aromatic rings. The number of hydrogen-bond acceptors (Lipinski definition) is 2. The van der Waals surface area contributed by atoms with E-state index in [1.54, 1.807) is 24.5 Å². The first-order valence-corrected chi connectivity index (χ1v) is 5.71. The summed E-state index contributed by atoms with van der Waals surface area (Å²) in [5.74, 6) is -0.330. The highest BCUT2D eigenvalue weighted by Gasteiger charge is 2.01. The van der Waals surface area contributed by atoms with Crippen LogP contribution in [0.2, 0.25) is 5.02 Å². The zero-order valence-corrected chi connectivity index (χ0v) is 9.91. The standard InChI is InChI=1S/C13H12ClFN2/c14-11-3-4-13(12(15)8-11)17-7-5-10-2-1-6-16-9-10/h1-4,6,8-9,17H,5,7H2. The third kappa shape index (κ3) is 3.43. The van der Waals surface area contributed by atoms with Crippen molar-refractivity contribution in [2.75, 3.05) is 11.9 Å². The Labute approximate surface area is 104 Å². The molecule has 4 heteroatoms. The fourth-order valence-electron chi connectivity index (χ4n) is 1.52. The lowest BCUT2D eigenvalue weighted by Gasteiger charge is -2.07. The summed E-state index contributed by atoms with van der Waals surface area (Å²) < 4.78 is 13.4. The molecule has 0 unspecified atom stereocenters. The molecule has 0 aliphatic heterocycles. The fraction of sp³-hybridized carbons (Fsp3) is 0.154. The number of pyridine rings is 1. The molecule has 0 aliphatic carbocycles. The third-order valence-electron chi connectivity index (χ3n) is 2.38. The monoisotopic (exact) mass is 250 g/mol. The molecule has 1 aromatic heterocycles. The number of nitrogens with one attached hydrogen (secondary N) is 1. The molecule has 17 heavy (non-hydrogen) atoms. The van der Waals surface area contributed by atoms with E-state index in [1.807, 2.05) is 12.1 Å². The van der Waals surface area contributed by atoms with Crippen molar-refractivity contribution in [3.8, 4) is 0 Å². The van der Waals surface area contributed by atoms with Crippen LogP contribution in [0.15, 0.2) is 42.7 Å². The van der Waals surface area contributed by atoms with E-state index < -0.39 is 0 Å². The van der Waals surface area contributed by atoms with Gasteiger partial charge in [0.05, 0.1) is 5.69 Å². The molecule has 0 spiro atoms. The van der Waals surface area contributed by atoms with Crippen LogP contribution in [0.1, 0.15) is 5.56 Å². The van der Waals surface area contributed by atoms with Gasteiger partial charge >= 0.3 is 0 Å². The normalized spacial score (nSPS) is 10.2. The summed E-state index contributed by atoms with van der Waals surface area (Å²) >= 11 is 5.67. The Kier molecular flexibility index (Phi) is 3.94. The van der Waals surface area contributed by atoms with Gasteiger partial charge in [-0.15, -0.1) is 0 Å². The molecule has 0 aliphatic rings. The first kappa shape index (κ1) is 11.9. The van der Waals surface area contributed by atoms with Crippen molar-refractivity contribution in [3.63, 3.8) is 0 Å². The lowest BCUT2D eigenvalue weighted by Crippen LogP contribution is -2.06. The molecule has 0 amide bonds. The molecule has 1 heterocycles. The zero-order chi connectivity index (χ0) is 12.1. The second-order valence-corrected chi connectivity index (χ2v) is 4.10. The van der Waals surface area contributed by atoms with Crippen LogP contribution >= 0.6 is 11.6 Å². The summed E-state index contributed by atoms with van der Waals surface area (Å²) in [6.07, 6.45) is 4.34. The van der Waals surface area contributed by atoms with Crippen LogP contribution in [0.25, 0.3) is 0 Å². The van der Waals surface area contributed by atoms with E-state index in [2.05, 4.69) is 10.3 Å². The molecule has 0 bridgehead atoms. The zero-order valence-electron chi connectivity index (χ0n) is 9.16. The maximum atomic E-state index is 13.4. The Morgan fingerprint density at radius 2 is 2.18 bits per heavy atom. The van der Waals surface area contributed by atoms with E-state index in [0.717, 1.165) is 12.0 Å². The Morgan fingerprint density at radius 1 is 1.29 bits per heavy atom. The molecule has 1 N–H and O–H groups in total. The smallest absolute Gasteiger partial charge is 0.147 e. The highest BCUT2D eigenvalue weighted by atomic mass is 35.5. The minimum atomic E-state index is -0.330. The molecule has 0 saturated heterocycles. The number of nitrogens with zero attached hydrogens (tertiary/aromatic N) is 1. The summed E-state index contributed by atoms with van der Waals surface area (Å²) in [6, 6.07) is 8.48. The summed E-state index contributed by atoms with van der Waals surface area (Å²) in [6.45, 7) is 0.657. The van der Waals surface area contributed by atoms with Crippen molar-refractivity contribution in [2.24, 2.45) is 0 Å². The topological polar surface area (TPSA) is 24.9 Å². The van der Waals surface area contributed by atoms with Gasteiger partial charge in [-0.3, -0.25) is 4.98 Å². The van der Waals surface area contributed by atoms with Crippen LogP contribution in [0, 0.1) is 5.82 Å². The maximum absolute atomic E-state index is 13.4. The van der Waals surface area contributed by atoms with Crippen molar-refractivity contribution in [3.05, 3.63) is 59.1 Å². The van der Waals surface area contributed by atoms with Crippen molar-refractivity contribution < 1.29 is 4.39 Å². The second kappa shape index (κ2) is 5.64. The largest absolute Gasteiger partial charge is 0.382 e. The Balaban J connectivity index is 1.90. The van der Waals surface area contributed by atoms with Crippen LogP contribution in [-0.2, 0) is 6.42 Å².